The minimum atomic E-state index is -0.212. The van der Waals surface area contributed by atoms with Gasteiger partial charge in [-0.3, -0.25) is 0 Å². The highest BCUT2D eigenvalue weighted by atomic mass is 32.2. The molecule has 1 aliphatic carbocycles. The zero-order valence-electron chi connectivity index (χ0n) is 28.7. The van der Waals surface area contributed by atoms with E-state index in [1.54, 1.807) is 19.2 Å². The Bertz CT molecular complexity index is 1180. The largest absolute Gasteiger partial charge is 0.495 e. The quantitative estimate of drug-likeness (QED) is 0.257. The third-order valence-electron chi connectivity index (χ3n) is 9.57. The van der Waals surface area contributed by atoms with Crippen molar-refractivity contribution >= 4 is 35.5 Å². The minimum Gasteiger partial charge on any atom is -0.495 e. The maximum atomic E-state index is 14.1. The molecular weight excluding hydrogens is 616 g/mol. The molecule has 2 saturated heterocycles. The van der Waals surface area contributed by atoms with Crippen LogP contribution in [0.1, 0.15) is 51.9 Å². The number of nitrogens with zero attached hydrogens (tertiary/aromatic N) is 6. The van der Waals surface area contributed by atoms with Gasteiger partial charge < -0.3 is 19.4 Å². The maximum Gasteiger partial charge on any atom is 0.142 e. The molecule has 2 aromatic rings. The van der Waals surface area contributed by atoms with E-state index in [4.69, 9.17) is 4.74 Å². The Morgan fingerprint density at radius 1 is 0.783 bits per heavy atom. The summed E-state index contributed by atoms with van der Waals surface area (Å²) in [5.41, 5.74) is 2.10. The van der Waals surface area contributed by atoms with Gasteiger partial charge in [-0.05, 0) is 99.0 Å². The maximum absolute atomic E-state index is 14.1. The van der Waals surface area contributed by atoms with Crippen LogP contribution in [-0.4, -0.2) is 111 Å². The van der Waals surface area contributed by atoms with Gasteiger partial charge in [0, 0.05) is 102 Å². The summed E-state index contributed by atoms with van der Waals surface area (Å²) in [6, 6.07) is 13.8. The smallest absolute Gasteiger partial charge is 0.142 e. The molecule has 0 radical (unpaired) electrons. The molecule has 46 heavy (non-hydrogen) atoms. The van der Waals surface area contributed by atoms with Crippen molar-refractivity contribution < 1.29 is 9.13 Å². The zero-order chi connectivity index (χ0) is 32.3. The lowest BCUT2D eigenvalue weighted by atomic mass is 9.89. The predicted octanol–water partition coefficient (Wildman–Crippen LogP) is 7.21. The summed E-state index contributed by atoms with van der Waals surface area (Å²) in [6.45, 7) is 14.0. The standard InChI is InChI=1S/C36H57FN6OS2/c1-30-27-42(45-34-15-13-33(14-16-34)38(2)3)20-8-18-39(29-31-10-6-5-7-11-31)19-9-21-43(28-30)46-41-24-22-40(23-25-41)35-26-32(37)12-17-36(35)44-4/h12-17,26,30-31H,5-11,18-25,27-29H2,1-4H3. The molecule has 3 aliphatic rings. The molecule has 5 rings (SSSR count). The van der Waals surface area contributed by atoms with Gasteiger partial charge in [-0.2, -0.15) is 0 Å². The molecule has 0 amide bonds. The van der Waals surface area contributed by atoms with Gasteiger partial charge in [0.15, 0.2) is 0 Å². The van der Waals surface area contributed by atoms with E-state index >= 15 is 0 Å². The zero-order valence-corrected chi connectivity index (χ0v) is 30.3. The van der Waals surface area contributed by atoms with E-state index in [1.165, 1.54) is 81.2 Å². The fraction of sp³-hybridized carbons (Fsp3) is 0.667. The van der Waals surface area contributed by atoms with E-state index in [1.807, 2.05) is 24.1 Å². The third kappa shape index (κ3) is 10.9. The van der Waals surface area contributed by atoms with Crippen LogP contribution in [0.2, 0.25) is 0 Å². The summed E-state index contributed by atoms with van der Waals surface area (Å²) in [5, 5.41) is 0. The van der Waals surface area contributed by atoms with E-state index in [-0.39, 0.29) is 5.82 Å². The number of ether oxygens (including phenoxy) is 1. The Morgan fingerprint density at radius 3 is 2.13 bits per heavy atom. The SMILES string of the molecule is COc1ccc(F)cc1N1CCN(SN2CCCN(CC3CCCCC3)CCCN(Sc3ccc(N(C)C)cc3)CC(C)C2)CC1. The topological polar surface area (TPSA) is 28.7 Å². The van der Waals surface area contributed by atoms with Crippen molar-refractivity contribution in [3.05, 3.63) is 48.3 Å². The number of hydrogen-bond donors (Lipinski definition) is 0. The van der Waals surface area contributed by atoms with E-state index in [0.29, 0.717) is 5.92 Å². The van der Waals surface area contributed by atoms with Gasteiger partial charge in [0.1, 0.15) is 11.6 Å². The highest BCUT2D eigenvalue weighted by molar-refractivity contribution is 7.97. The first-order chi connectivity index (χ1) is 22.4. The van der Waals surface area contributed by atoms with Crippen LogP contribution < -0.4 is 14.5 Å². The van der Waals surface area contributed by atoms with Gasteiger partial charge in [-0.25, -0.2) is 17.3 Å². The molecule has 2 heterocycles. The van der Waals surface area contributed by atoms with Crippen molar-refractivity contribution in [1.29, 1.82) is 0 Å². The average Bonchev–Trinajstić information content (AvgIpc) is 3.05. The second kappa shape index (κ2) is 18.2. The molecule has 0 aromatic heterocycles. The Morgan fingerprint density at radius 2 is 1.46 bits per heavy atom. The fourth-order valence-electron chi connectivity index (χ4n) is 7.10. The third-order valence-corrected chi connectivity index (χ3v) is 11.8. The molecule has 0 bridgehead atoms. The molecule has 1 atom stereocenters. The lowest BCUT2D eigenvalue weighted by Crippen LogP contribution is -2.45. The van der Waals surface area contributed by atoms with Crippen LogP contribution in [0.25, 0.3) is 0 Å². The van der Waals surface area contributed by atoms with Crippen LogP contribution in [0.4, 0.5) is 15.8 Å². The van der Waals surface area contributed by atoms with Crippen molar-refractivity contribution in [3.8, 4) is 5.75 Å². The highest BCUT2D eigenvalue weighted by Crippen LogP contribution is 2.32. The second-order valence-electron chi connectivity index (χ2n) is 13.7. The second-order valence-corrected chi connectivity index (χ2v) is 16.1. The first kappa shape index (κ1) is 35.6. The van der Waals surface area contributed by atoms with E-state index in [9.17, 15) is 4.39 Å². The molecule has 7 nitrogen and oxygen atoms in total. The van der Waals surface area contributed by atoms with Gasteiger partial charge in [0.25, 0.3) is 0 Å². The van der Waals surface area contributed by atoms with Crippen molar-refractivity contribution in [2.24, 2.45) is 11.8 Å². The van der Waals surface area contributed by atoms with E-state index < -0.39 is 0 Å². The molecule has 1 unspecified atom stereocenters. The Hall–Kier alpha value is -1.69. The van der Waals surface area contributed by atoms with Crippen LogP contribution >= 0.6 is 24.1 Å². The van der Waals surface area contributed by atoms with Crippen LogP contribution in [0, 0.1) is 17.7 Å². The number of anilines is 2. The molecule has 2 aromatic carbocycles. The molecule has 3 fully saturated rings. The van der Waals surface area contributed by atoms with Crippen molar-refractivity contribution in [1.82, 2.24) is 17.8 Å². The number of benzene rings is 2. The number of methoxy groups -OCH3 is 1. The number of rotatable bonds is 9. The van der Waals surface area contributed by atoms with Crippen LogP contribution in [0.3, 0.4) is 0 Å². The van der Waals surface area contributed by atoms with Crippen molar-refractivity contribution in [2.45, 2.75) is 56.8 Å². The van der Waals surface area contributed by atoms with E-state index in [0.717, 1.165) is 69.7 Å². The molecule has 0 spiro atoms. The normalized spacial score (nSPS) is 22.7. The first-order valence-electron chi connectivity index (χ1n) is 17.6. The fourth-order valence-corrected chi connectivity index (χ4v) is 9.39. The predicted molar refractivity (Wildman–Crippen MR) is 196 cm³/mol. The Labute approximate surface area is 287 Å². The number of piperazine rings is 1. The Kier molecular flexibility index (Phi) is 14.1. The molecule has 1 saturated carbocycles. The summed E-state index contributed by atoms with van der Waals surface area (Å²) < 4.78 is 27.4. The Balaban J connectivity index is 1.22. The summed E-state index contributed by atoms with van der Waals surface area (Å²) in [6.07, 6.45) is 9.51. The molecule has 2 aliphatic heterocycles. The van der Waals surface area contributed by atoms with Gasteiger partial charge in [-0.1, -0.05) is 26.2 Å². The monoisotopic (exact) mass is 672 g/mol. The average molecular weight is 673 g/mol. The number of hydrogen-bond acceptors (Lipinski definition) is 9. The summed E-state index contributed by atoms with van der Waals surface area (Å²) in [7, 11) is 5.87. The molecule has 10 heteroatoms. The molecule has 256 valence electrons. The van der Waals surface area contributed by atoms with Crippen LogP contribution in [0.15, 0.2) is 47.4 Å². The first-order valence-corrected chi connectivity index (χ1v) is 19.1. The van der Waals surface area contributed by atoms with Gasteiger partial charge in [0.2, 0.25) is 0 Å². The molecular formula is C36H57FN6OS2. The molecule has 0 N–H and O–H groups in total. The lowest BCUT2D eigenvalue weighted by Gasteiger charge is -2.39. The van der Waals surface area contributed by atoms with E-state index in [2.05, 4.69) is 72.9 Å². The highest BCUT2D eigenvalue weighted by Gasteiger charge is 2.25. The number of halogens is 1. The van der Waals surface area contributed by atoms with Gasteiger partial charge in [0.05, 0.1) is 12.8 Å². The van der Waals surface area contributed by atoms with Gasteiger partial charge >= 0.3 is 0 Å². The van der Waals surface area contributed by atoms with Crippen molar-refractivity contribution in [2.75, 3.05) is 103 Å². The van der Waals surface area contributed by atoms with Crippen LogP contribution in [0.5, 0.6) is 5.75 Å². The van der Waals surface area contributed by atoms with Crippen molar-refractivity contribution in [3.63, 3.8) is 0 Å². The summed E-state index contributed by atoms with van der Waals surface area (Å²) >= 11 is 3.87. The lowest BCUT2D eigenvalue weighted by molar-refractivity contribution is 0.183. The minimum absolute atomic E-state index is 0.212. The van der Waals surface area contributed by atoms with Crippen LogP contribution in [-0.2, 0) is 0 Å². The summed E-state index contributed by atoms with van der Waals surface area (Å²) in [4.78, 5) is 8.55. The van der Waals surface area contributed by atoms with Gasteiger partial charge in [-0.15, -0.1) is 0 Å². The summed E-state index contributed by atoms with van der Waals surface area (Å²) in [5.74, 6) is 1.96.